The van der Waals surface area contributed by atoms with Crippen molar-refractivity contribution in [3.05, 3.63) is 0 Å². The van der Waals surface area contributed by atoms with Crippen LogP contribution in [0.3, 0.4) is 0 Å². The Morgan fingerprint density at radius 1 is 1.55 bits per heavy atom. The zero-order valence-electron chi connectivity index (χ0n) is 6.02. The van der Waals surface area contributed by atoms with Gasteiger partial charge < -0.3 is 10.4 Å². The molecule has 1 rings (SSSR count). The van der Waals surface area contributed by atoms with Crippen LogP contribution in [-0.4, -0.2) is 29.2 Å². The van der Waals surface area contributed by atoms with Gasteiger partial charge in [0.25, 0.3) is 5.08 Å². The Balaban J connectivity index is 0.000000183. The van der Waals surface area contributed by atoms with Gasteiger partial charge in [-0.1, -0.05) is 0 Å². The maximum atomic E-state index is 11.1. The van der Waals surface area contributed by atoms with Crippen LogP contribution in [0.1, 0.15) is 12.8 Å². The highest BCUT2D eigenvalue weighted by atomic mass is 79.9. The number of aliphatic carboxylic acids is 1. The summed E-state index contributed by atoms with van der Waals surface area (Å²) in [7, 11) is 0. The third-order valence-electron chi connectivity index (χ3n) is 1.14. The number of hydrogen-bond acceptors (Lipinski definition) is 2. The predicted octanol–water partition coefficient (Wildman–Crippen LogP) is 1.13. The van der Waals surface area contributed by atoms with Crippen molar-refractivity contribution in [2.24, 2.45) is 0 Å². The Labute approximate surface area is 73.1 Å². The molecule has 0 aromatic carbocycles. The zero-order valence-corrected chi connectivity index (χ0v) is 7.60. The molecule has 0 saturated carbocycles. The highest BCUT2D eigenvalue weighted by molar-refractivity contribution is 9.09. The molecule has 2 N–H and O–H groups in total. The van der Waals surface area contributed by atoms with E-state index in [2.05, 4.69) is 21.2 Å². The number of hydrogen-bond donors (Lipinski definition) is 2. The van der Waals surface area contributed by atoms with Gasteiger partial charge in [-0.3, -0.25) is 0 Å². The van der Waals surface area contributed by atoms with Gasteiger partial charge in [-0.2, -0.15) is 0 Å². The first-order valence-electron chi connectivity index (χ1n) is 3.36. The second kappa shape index (κ2) is 6.54. The summed E-state index contributed by atoms with van der Waals surface area (Å²) in [6, 6.07) is 0. The summed E-state index contributed by atoms with van der Waals surface area (Å²) in [4.78, 5) is 9.28. The minimum Gasteiger partial charge on any atom is -0.478 e. The summed E-state index contributed by atoms with van der Waals surface area (Å²) < 4.78 is 11.1. The number of carbonyl (C=O) groups is 1. The van der Waals surface area contributed by atoms with Gasteiger partial charge in [0.1, 0.15) is 0 Å². The summed E-state index contributed by atoms with van der Waals surface area (Å²) in [5, 5.41) is 8.87. The number of nitrogens with one attached hydrogen (secondary N) is 1. The van der Waals surface area contributed by atoms with Crippen molar-refractivity contribution in [3.63, 3.8) is 0 Å². The maximum absolute atomic E-state index is 11.1. The van der Waals surface area contributed by atoms with E-state index in [1.165, 1.54) is 25.9 Å². The van der Waals surface area contributed by atoms with E-state index in [4.69, 9.17) is 5.11 Å². The summed E-state index contributed by atoms with van der Waals surface area (Å²) in [5.74, 6) is -1.49. The van der Waals surface area contributed by atoms with E-state index in [0.717, 1.165) is 0 Å². The molecule has 5 heteroatoms. The Kier molecular flexibility index (Phi) is 6.45. The molecule has 1 aliphatic rings. The topological polar surface area (TPSA) is 49.3 Å². The number of alkyl halides is 2. The van der Waals surface area contributed by atoms with E-state index in [9.17, 15) is 9.18 Å². The summed E-state index contributed by atoms with van der Waals surface area (Å²) in [5.41, 5.74) is 0. The molecule has 66 valence electrons. The van der Waals surface area contributed by atoms with Gasteiger partial charge in [-0.15, -0.1) is 0 Å². The van der Waals surface area contributed by atoms with Crippen molar-refractivity contribution in [1.82, 2.24) is 5.32 Å². The van der Waals surface area contributed by atoms with Crippen LogP contribution >= 0.6 is 15.9 Å². The third kappa shape index (κ3) is 7.74. The van der Waals surface area contributed by atoms with Gasteiger partial charge in [0.05, 0.1) is 0 Å². The van der Waals surface area contributed by atoms with Crippen LogP contribution in [-0.2, 0) is 4.79 Å². The lowest BCUT2D eigenvalue weighted by Crippen LogP contribution is -2.04. The number of carboxylic acid groups (broad SMARTS) is 1. The molecule has 1 fully saturated rings. The van der Waals surface area contributed by atoms with E-state index in [1.807, 2.05) is 0 Å². The molecule has 1 atom stereocenters. The molecular formula is C6H11BrFNO2. The smallest absolute Gasteiger partial charge is 0.349 e. The Morgan fingerprint density at radius 3 is 2.00 bits per heavy atom. The highest BCUT2D eigenvalue weighted by Crippen LogP contribution is 1.97. The van der Waals surface area contributed by atoms with Gasteiger partial charge in [-0.05, 0) is 41.9 Å². The minimum absolute atomic E-state index is 1.25. The third-order valence-corrected chi connectivity index (χ3v) is 1.54. The lowest BCUT2D eigenvalue weighted by atomic mass is 10.4. The van der Waals surface area contributed by atoms with Gasteiger partial charge in [0, 0.05) is 0 Å². The fourth-order valence-electron chi connectivity index (χ4n) is 0.625. The van der Waals surface area contributed by atoms with E-state index >= 15 is 0 Å². The molecule has 3 nitrogen and oxygen atoms in total. The van der Waals surface area contributed by atoms with E-state index in [-0.39, 0.29) is 0 Å². The molecule has 1 heterocycles. The molecule has 0 aromatic heterocycles. The van der Waals surface area contributed by atoms with Crippen LogP contribution in [0.15, 0.2) is 0 Å². The van der Waals surface area contributed by atoms with Crippen molar-refractivity contribution in [3.8, 4) is 0 Å². The second-order valence-electron chi connectivity index (χ2n) is 2.10. The predicted molar refractivity (Wildman–Crippen MR) is 43.6 cm³/mol. The molecular weight excluding hydrogens is 217 g/mol. The first kappa shape index (κ1) is 10.8. The molecule has 0 radical (unpaired) electrons. The number of halogens is 2. The van der Waals surface area contributed by atoms with Gasteiger partial charge in [0.2, 0.25) is 0 Å². The fourth-order valence-corrected chi connectivity index (χ4v) is 0.625. The Bertz CT molecular complexity index is 110. The van der Waals surface area contributed by atoms with Gasteiger partial charge >= 0.3 is 5.97 Å². The van der Waals surface area contributed by atoms with Crippen molar-refractivity contribution in [2.45, 2.75) is 17.9 Å². The Morgan fingerprint density at radius 2 is 1.91 bits per heavy atom. The standard InChI is InChI=1S/C4H9N.C2H2BrFO2/c1-2-4-5-3-1;3-1(4)2(5)6/h5H,1-4H2;1H,(H,5,6). The molecule has 11 heavy (non-hydrogen) atoms. The summed E-state index contributed by atoms with van der Waals surface area (Å²) >= 11 is 2.17. The number of rotatable bonds is 1. The van der Waals surface area contributed by atoms with Crippen molar-refractivity contribution in [2.75, 3.05) is 13.1 Å². The molecule has 1 unspecified atom stereocenters. The van der Waals surface area contributed by atoms with Gasteiger partial charge in [0.15, 0.2) is 0 Å². The SMILES string of the molecule is C1CCNC1.O=C(O)C(F)Br. The summed E-state index contributed by atoms with van der Waals surface area (Å²) in [6.07, 6.45) is 2.78. The second-order valence-corrected chi connectivity index (χ2v) is 2.90. The minimum atomic E-state index is -1.92. The van der Waals surface area contributed by atoms with Crippen molar-refractivity contribution < 1.29 is 14.3 Å². The molecule has 0 aromatic rings. The molecule has 0 bridgehead atoms. The van der Waals surface area contributed by atoms with Gasteiger partial charge in [-0.25, -0.2) is 9.18 Å². The zero-order chi connectivity index (χ0) is 8.69. The first-order valence-corrected chi connectivity index (χ1v) is 4.28. The van der Waals surface area contributed by atoms with Crippen LogP contribution in [0.25, 0.3) is 0 Å². The lowest BCUT2D eigenvalue weighted by Gasteiger charge is -1.83. The molecule has 0 amide bonds. The van der Waals surface area contributed by atoms with E-state index < -0.39 is 11.1 Å². The first-order chi connectivity index (χ1) is 5.14. The van der Waals surface area contributed by atoms with Crippen LogP contribution < -0.4 is 5.32 Å². The van der Waals surface area contributed by atoms with Crippen molar-refractivity contribution in [1.29, 1.82) is 0 Å². The highest BCUT2D eigenvalue weighted by Gasteiger charge is 2.07. The van der Waals surface area contributed by atoms with Crippen LogP contribution in [0.2, 0.25) is 0 Å². The Hall–Kier alpha value is -0.160. The fraction of sp³-hybridized carbons (Fsp3) is 0.833. The molecule has 1 aliphatic heterocycles. The molecule has 0 spiro atoms. The van der Waals surface area contributed by atoms with Crippen LogP contribution in [0.5, 0.6) is 0 Å². The molecule has 1 saturated heterocycles. The maximum Gasteiger partial charge on any atom is 0.349 e. The van der Waals surface area contributed by atoms with E-state index in [1.54, 1.807) is 0 Å². The average molecular weight is 228 g/mol. The quantitative estimate of drug-likeness (QED) is 0.661. The normalized spacial score (nSPS) is 18.4. The van der Waals surface area contributed by atoms with Crippen LogP contribution in [0.4, 0.5) is 4.39 Å². The summed E-state index contributed by atoms with van der Waals surface area (Å²) in [6.45, 7) is 2.50. The van der Waals surface area contributed by atoms with Crippen LogP contribution in [0, 0.1) is 0 Å². The number of carboxylic acids is 1. The van der Waals surface area contributed by atoms with E-state index in [0.29, 0.717) is 0 Å². The monoisotopic (exact) mass is 227 g/mol. The lowest BCUT2D eigenvalue weighted by molar-refractivity contribution is -0.139. The largest absolute Gasteiger partial charge is 0.478 e. The molecule has 0 aliphatic carbocycles. The van der Waals surface area contributed by atoms with Crippen molar-refractivity contribution >= 4 is 21.9 Å². The average Bonchev–Trinajstić information content (AvgIpc) is 2.41.